The summed E-state index contributed by atoms with van der Waals surface area (Å²) in [6.07, 6.45) is 0. The number of hydrogen-bond acceptors (Lipinski definition) is 0. The molecule has 1 aromatic carbocycles. The van der Waals surface area contributed by atoms with E-state index in [1.807, 2.05) is 12.1 Å². The zero-order valence-corrected chi connectivity index (χ0v) is 10.2. The van der Waals surface area contributed by atoms with Gasteiger partial charge >= 0.3 is 83.6 Å². The molecule has 0 atom stereocenters. The van der Waals surface area contributed by atoms with E-state index in [1.54, 1.807) is 0 Å². The maximum absolute atomic E-state index is 5.69. The van der Waals surface area contributed by atoms with Gasteiger partial charge in [-0.15, -0.1) is 0 Å². The second-order valence-electron chi connectivity index (χ2n) is 1.66. The monoisotopic (exact) mass is 264 g/mol. The van der Waals surface area contributed by atoms with Gasteiger partial charge in [0.05, 0.1) is 0 Å². The van der Waals surface area contributed by atoms with Gasteiger partial charge in [0.25, 0.3) is 0 Å². The van der Waals surface area contributed by atoms with Crippen molar-refractivity contribution in [2.24, 2.45) is 0 Å². The molecule has 42 valence electrons. The van der Waals surface area contributed by atoms with Crippen molar-refractivity contribution in [3.05, 3.63) is 29.3 Å². The summed E-state index contributed by atoms with van der Waals surface area (Å²) < 4.78 is 1.52. The van der Waals surface area contributed by atoms with E-state index in [4.69, 9.17) is 11.6 Å². The van der Waals surface area contributed by atoms with E-state index in [0.29, 0.717) is 0 Å². The molecule has 0 saturated heterocycles. The van der Waals surface area contributed by atoms with Gasteiger partial charge in [0.2, 0.25) is 0 Å². The molecule has 0 amide bonds. The average Bonchev–Trinajstić information content (AvgIpc) is 1.90. The van der Waals surface area contributed by atoms with Crippen molar-refractivity contribution in [1.82, 2.24) is 0 Å². The molecule has 0 radical (unpaired) electrons. The van der Waals surface area contributed by atoms with Gasteiger partial charge in [-0.3, -0.25) is 0 Å². The number of hydrogen-bond donors (Lipinski definition) is 0. The van der Waals surface area contributed by atoms with Crippen molar-refractivity contribution in [2.45, 2.75) is 0 Å². The van der Waals surface area contributed by atoms with Crippen LogP contribution in [0.4, 0.5) is 0 Å². The third kappa shape index (κ3) is 2.80. The van der Waals surface area contributed by atoms with Crippen LogP contribution in [0.2, 0.25) is 5.02 Å². The first-order valence-electron chi connectivity index (χ1n) is 2.62. The molecule has 0 spiro atoms. The standard InChI is InChI=1S/C6H5ClTe.Na/c7-5-1-3-6(8)4-2-5;/h1-4,8H;/q;+1/p-1. The van der Waals surface area contributed by atoms with Crippen molar-refractivity contribution in [3.63, 3.8) is 0 Å². The topological polar surface area (TPSA) is 0 Å². The van der Waals surface area contributed by atoms with E-state index in [-0.39, 0.29) is 15.5 Å². The third-order valence-electron chi connectivity index (χ3n) is 1.05. The summed E-state index contributed by atoms with van der Waals surface area (Å²) in [5, 5.41) is 0.848. The molecule has 0 aliphatic carbocycles. The predicted octanol–water partition coefficient (Wildman–Crippen LogP) is 0.753. The van der Waals surface area contributed by atoms with Gasteiger partial charge in [0, 0.05) is 0 Å². The van der Waals surface area contributed by atoms with Crippen LogP contribution in [-0.2, 0) is 0 Å². The summed E-state index contributed by atoms with van der Waals surface area (Å²) in [4.78, 5) is 0. The fraction of sp³-hybridized carbons (Fsp3) is 0. The van der Waals surface area contributed by atoms with Crippen LogP contribution in [0, 0.1) is 0 Å². The fourth-order valence-electron chi connectivity index (χ4n) is 0.571. The normalized spacial score (nSPS) is 9.67. The first-order valence-corrected chi connectivity index (χ1v) is 12.0. The van der Waals surface area contributed by atoms with Crippen molar-refractivity contribution in [2.75, 3.05) is 0 Å². The molecule has 0 heterocycles. The Morgan fingerprint density at radius 3 is 2.22 bits per heavy atom. The van der Waals surface area contributed by atoms with Crippen LogP contribution in [-0.4, -0.2) is 39.1 Å². The second-order valence-corrected chi connectivity index (χ2v) is 7.34. The van der Waals surface area contributed by atoms with Gasteiger partial charge in [-0.2, -0.15) is 0 Å². The molecule has 0 fully saturated rings. The molecule has 0 aliphatic heterocycles. The zero-order valence-electron chi connectivity index (χ0n) is 5.10. The Hall–Kier alpha value is 1.30. The van der Waals surface area contributed by atoms with Crippen LogP contribution >= 0.6 is 11.6 Å². The quantitative estimate of drug-likeness (QED) is 0.655. The van der Waals surface area contributed by atoms with Crippen LogP contribution in [0.15, 0.2) is 24.3 Å². The van der Waals surface area contributed by atoms with Gasteiger partial charge < -0.3 is 0 Å². The summed E-state index contributed by atoms with van der Waals surface area (Å²) in [7, 11) is 0. The maximum atomic E-state index is 5.69. The molecule has 3 heteroatoms. The Labute approximate surface area is 82.4 Å². The molecule has 0 unspecified atom stereocenters. The Bertz CT molecular complexity index is 185. The van der Waals surface area contributed by atoms with Gasteiger partial charge in [-0.1, -0.05) is 0 Å². The van der Waals surface area contributed by atoms with Crippen LogP contribution in [0.3, 0.4) is 0 Å². The van der Waals surface area contributed by atoms with Crippen molar-refractivity contribution < 1.29 is 0 Å². The molecule has 0 N–H and O–H groups in total. The minimum atomic E-state index is 0.224. The molecule has 0 aromatic heterocycles. The Morgan fingerprint density at radius 2 is 1.78 bits per heavy atom. The van der Waals surface area contributed by atoms with Crippen molar-refractivity contribution in [3.8, 4) is 0 Å². The molecule has 0 aliphatic rings. The molecular formula is C6H4ClNaTe. The van der Waals surface area contributed by atoms with E-state index in [0.717, 1.165) is 5.02 Å². The Balaban J connectivity index is 2.88. The number of benzene rings is 1. The molecule has 0 saturated carbocycles. The summed E-state index contributed by atoms with van der Waals surface area (Å²) in [6, 6.07) is 8.22. The Morgan fingerprint density at radius 1 is 1.22 bits per heavy atom. The summed E-state index contributed by atoms with van der Waals surface area (Å²) in [5.41, 5.74) is 0. The minimum absolute atomic E-state index is 0.224. The summed E-state index contributed by atoms with van der Waals surface area (Å²) >= 11 is 7.28. The molecule has 1 aromatic rings. The fourth-order valence-corrected chi connectivity index (χ4v) is 3.69. The summed E-state index contributed by atoms with van der Waals surface area (Å²) in [6.45, 7) is 0. The first-order chi connectivity index (χ1) is 4.33. The van der Waals surface area contributed by atoms with E-state index >= 15 is 0 Å². The molecule has 0 bridgehead atoms. The van der Waals surface area contributed by atoms with E-state index in [1.165, 1.54) is 27.1 Å². The second kappa shape index (κ2) is 4.23. The SMILES string of the molecule is [Na][Te]c1ccc(Cl)cc1. The number of rotatable bonds is 1. The predicted molar refractivity (Wildman–Crippen MR) is 42.6 cm³/mol. The van der Waals surface area contributed by atoms with Crippen molar-refractivity contribution >= 4 is 54.3 Å². The Kier molecular flexibility index (Phi) is 3.95. The van der Waals surface area contributed by atoms with E-state index in [2.05, 4.69) is 12.1 Å². The van der Waals surface area contributed by atoms with E-state index < -0.39 is 0 Å². The van der Waals surface area contributed by atoms with E-state index in [9.17, 15) is 0 Å². The van der Waals surface area contributed by atoms with Crippen molar-refractivity contribution in [1.29, 1.82) is 0 Å². The first kappa shape index (κ1) is 8.40. The average molecular weight is 262 g/mol. The van der Waals surface area contributed by atoms with Gasteiger partial charge in [-0.05, 0) is 0 Å². The van der Waals surface area contributed by atoms with Crippen LogP contribution in [0.5, 0.6) is 0 Å². The van der Waals surface area contributed by atoms with Gasteiger partial charge in [0.1, 0.15) is 0 Å². The third-order valence-corrected chi connectivity index (χ3v) is 6.59. The van der Waals surface area contributed by atoms with Crippen LogP contribution < -0.4 is 3.61 Å². The molecular weight excluding hydrogens is 258 g/mol. The molecule has 0 nitrogen and oxygen atoms in total. The summed E-state index contributed by atoms with van der Waals surface area (Å²) in [5.74, 6) is 0. The number of halogens is 1. The van der Waals surface area contributed by atoms with Gasteiger partial charge in [-0.25, -0.2) is 0 Å². The van der Waals surface area contributed by atoms with Gasteiger partial charge in [0.15, 0.2) is 0 Å². The molecule has 1 rings (SSSR count). The van der Waals surface area contributed by atoms with Crippen LogP contribution in [0.1, 0.15) is 0 Å². The molecule has 9 heavy (non-hydrogen) atoms. The zero-order chi connectivity index (χ0) is 6.69. The van der Waals surface area contributed by atoms with Crippen LogP contribution in [0.25, 0.3) is 0 Å².